The summed E-state index contributed by atoms with van der Waals surface area (Å²) in [5.74, 6) is -0.0431. The van der Waals surface area contributed by atoms with Gasteiger partial charge in [-0.2, -0.15) is 0 Å². The summed E-state index contributed by atoms with van der Waals surface area (Å²) in [6.07, 6.45) is 1.37. The highest BCUT2D eigenvalue weighted by atomic mass is 16.5. The zero-order chi connectivity index (χ0) is 25.3. The molecule has 6 nitrogen and oxygen atoms in total. The van der Waals surface area contributed by atoms with E-state index in [1.807, 2.05) is 67.6 Å². The zero-order valence-corrected chi connectivity index (χ0v) is 21.1. The molecular formula is C30H35N3O3. The predicted octanol–water partition coefficient (Wildman–Crippen LogP) is 3.70. The van der Waals surface area contributed by atoms with Gasteiger partial charge in [0.25, 0.3) is 0 Å². The van der Waals surface area contributed by atoms with Crippen molar-refractivity contribution in [2.45, 2.75) is 38.4 Å². The Morgan fingerprint density at radius 3 is 2.25 bits per heavy atom. The van der Waals surface area contributed by atoms with Crippen molar-refractivity contribution in [1.29, 1.82) is 0 Å². The molecule has 6 heteroatoms. The van der Waals surface area contributed by atoms with E-state index in [1.54, 1.807) is 16.9 Å². The SMILES string of the molecule is COc1cccc(CCN2C(=O)C(=O)N([C@H](CNCc3ccccc3)Cc3ccccc3)C[C@@H]2C)c1. The molecule has 1 heterocycles. The Morgan fingerprint density at radius 1 is 0.889 bits per heavy atom. The smallest absolute Gasteiger partial charge is 0.312 e. The first-order valence-electron chi connectivity index (χ1n) is 12.6. The summed E-state index contributed by atoms with van der Waals surface area (Å²) < 4.78 is 5.31. The van der Waals surface area contributed by atoms with E-state index >= 15 is 0 Å². The molecule has 0 spiro atoms. The molecule has 1 fully saturated rings. The van der Waals surface area contributed by atoms with E-state index in [0.717, 1.165) is 16.9 Å². The molecule has 2 atom stereocenters. The van der Waals surface area contributed by atoms with Gasteiger partial charge in [0.15, 0.2) is 0 Å². The lowest BCUT2D eigenvalue weighted by Crippen LogP contribution is -2.63. The van der Waals surface area contributed by atoms with Crippen LogP contribution in [0.2, 0.25) is 0 Å². The maximum Gasteiger partial charge on any atom is 0.312 e. The fraction of sp³-hybridized carbons (Fsp3) is 0.333. The zero-order valence-electron chi connectivity index (χ0n) is 21.1. The molecule has 0 unspecified atom stereocenters. The van der Waals surface area contributed by atoms with E-state index < -0.39 is 11.8 Å². The number of rotatable bonds is 11. The third-order valence-electron chi connectivity index (χ3n) is 6.78. The van der Waals surface area contributed by atoms with Gasteiger partial charge in [-0.1, -0.05) is 72.8 Å². The van der Waals surface area contributed by atoms with Gasteiger partial charge in [0, 0.05) is 38.3 Å². The molecule has 1 saturated heterocycles. The Balaban J connectivity index is 1.43. The summed E-state index contributed by atoms with van der Waals surface area (Å²) in [5.41, 5.74) is 3.42. The first-order chi connectivity index (χ1) is 17.5. The molecule has 36 heavy (non-hydrogen) atoms. The van der Waals surface area contributed by atoms with E-state index in [-0.39, 0.29) is 12.1 Å². The number of nitrogens with zero attached hydrogens (tertiary/aromatic N) is 2. The van der Waals surface area contributed by atoms with Crippen LogP contribution in [0.25, 0.3) is 0 Å². The van der Waals surface area contributed by atoms with Gasteiger partial charge in [-0.3, -0.25) is 9.59 Å². The van der Waals surface area contributed by atoms with Gasteiger partial charge >= 0.3 is 11.8 Å². The highest BCUT2D eigenvalue weighted by Gasteiger charge is 2.39. The average molecular weight is 486 g/mol. The fourth-order valence-electron chi connectivity index (χ4n) is 4.78. The molecule has 1 aliphatic rings. The summed E-state index contributed by atoms with van der Waals surface area (Å²) in [4.78, 5) is 30.1. The first-order valence-corrected chi connectivity index (χ1v) is 12.6. The second-order valence-corrected chi connectivity index (χ2v) is 9.37. The van der Waals surface area contributed by atoms with Crippen LogP contribution in [0.1, 0.15) is 23.6 Å². The topological polar surface area (TPSA) is 61.9 Å². The monoisotopic (exact) mass is 485 g/mol. The number of ether oxygens (including phenoxy) is 1. The molecule has 0 radical (unpaired) electrons. The van der Waals surface area contributed by atoms with E-state index in [2.05, 4.69) is 29.6 Å². The lowest BCUT2D eigenvalue weighted by atomic mass is 10.0. The third-order valence-corrected chi connectivity index (χ3v) is 6.78. The maximum atomic E-state index is 13.3. The predicted molar refractivity (Wildman–Crippen MR) is 142 cm³/mol. The molecule has 3 aromatic rings. The Bertz CT molecular complexity index is 1140. The molecule has 0 aliphatic carbocycles. The maximum absolute atomic E-state index is 13.3. The van der Waals surface area contributed by atoms with Gasteiger partial charge in [-0.25, -0.2) is 0 Å². The van der Waals surface area contributed by atoms with Crippen molar-refractivity contribution in [1.82, 2.24) is 15.1 Å². The van der Waals surface area contributed by atoms with Crippen LogP contribution < -0.4 is 10.1 Å². The van der Waals surface area contributed by atoms with Crippen molar-refractivity contribution in [2.75, 3.05) is 26.7 Å². The summed E-state index contributed by atoms with van der Waals surface area (Å²) in [6, 6.07) is 28.0. The van der Waals surface area contributed by atoms with Crippen molar-refractivity contribution in [3.8, 4) is 5.75 Å². The number of hydrogen-bond donors (Lipinski definition) is 1. The average Bonchev–Trinajstić information content (AvgIpc) is 2.91. The first kappa shape index (κ1) is 25.5. The Morgan fingerprint density at radius 2 is 1.56 bits per heavy atom. The molecule has 0 saturated carbocycles. The number of hydrogen-bond acceptors (Lipinski definition) is 4. The van der Waals surface area contributed by atoms with Gasteiger partial charge in [-0.15, -0.1) is 0 Å². The molecule has 1 N–H and O–H groups in total. The van der Waals surface area contributed by atoms with Crippen LogP contribution in [0.15, 0.2) is 84.9 Å². The van der Waals surface area contributed by atoms with Crippen molar-refractivity contribution in [3.05, 3.63) is 102 Å². The van der Waals surface area contributed by atoms with Gasteiger partial charge in [0.2, 0.25) is 0 Å². The van der Waals surface area contributed by atoms with Crippen LogP contribution in [0, 0.1) is 0 Å². The lowest BCUT2D eigenvalue weighted by molar-refractivity contribution is -0.160. The number of carbonyl (C=O) groups excluding carboxylic acids is 2. The number of nitrogens with one attached hydrogen (secondary N) is 1. The Hall–Kier alpha value is -3.64. The molecule has 188 valence electrons. The second kappa shape index (κ2) is 12.4. The van der Waals surface area contributed by atoms with Crippen LogP contribution in [0.4, 0.5) is 0 Å². The molecule has 4 rings (SSSR count). The van der Waals surface area contributed by atoms with E-state index in [9.17, 15) is 9.59 Å². The van der Waals surface area contributed by atoms with Crippen LogP contribution >= 0.6 is 0 Å². The summed E-state index contributed by atoms with van der Waals surface area (Å²) in [6.45, 7) is 4.37. The summed E-state index contributed by atoms with van der Waals surface area (Å²) in [7, 11) is 1.64. The minimum atomic E-state index is -0.419. The second-order valence-electron chi connectivity index (χ2n) is 9.37. The molecule has 1 aliphatic heterocycles. The van der Waals surface area contributed by atoms with E-state index in [0.29, 0.717) is 39.0 Å². The standard InChI is InChI=1S/C30H35N3O3/c1-23-22-33(30(35)29(34)32(23)17-16-25-14-9-15-28(19-25)36-2)27(18-24-10-5-3-6-11-24)21-31-20-26-12-7-4-8-13-26/h3-15,19,23,27,31H,16-18,20-22H2,1-2H3/t23-,27-/m0/s1. The Kier molecular flexibility index (Phi) is 8.74. The molecule has 2 amide bonds. The quantitative estimate of drug-likeness (QED) is 0.421. The van der Waals surface area contributed by atoms with Gasteiger partial charge in [0.05, 0.1) is 7.11 Å². The fourth-order valence-corrected chi connectivity index (χ4v) is 4.78. The van der Waals surface area contributed by atoms with Gasteiger partial charge < -0.3 is 19.9 Å². The number of carbonyl (C=O) groups is 2. The summed E-state index contributed by atoms with van der Waals surface area (Å²) in [5, 5.41) is 3.51. The lowest BCUT2D eigenvalue weighted by Gasteiger charge is -2.42. The largest absolute Gasteiger partial charge is 0.497 e. The van der Waals surface area contributed by atoms with Crippen molar-refractivity contribution in [2.24, 2.45) is 0 Å². The van der Waals surface area contributed by atoms with Crippen LogP contribution in [0.5, 0.6) is 5.75 Å². The van der Waals surface area contributed by atoms with E-state index in [4.69, 9.17) is 4.74 Å². The molecule has 0 bridgehead atoms. The van der Waals surface area contributed by atoms with Crippen molar-refractivity contribution in [3.63, 3.8) is 0 Å². The highest BCUT2D eigenvalue weighted by Crippen LogP contribution is 2.20. The van der Waals surface area contributed by atoms with E-state index in [1.165, 1.54) is 5.56 Å². The molecule has 0 aromatic heterocycles. The van der Waals surface area contributed by atoms with Crippen molar-refractivity contribution < 1.29 is 14.3 Å². The van der Waals surface area contributed by atoms with Crippen molar-refractivity contribution >= 4 is 11.8 Å². The van der Waals surface area contributed by atoms with Crippen LogP contribution in [-0.4, -0.2) is 60.4 Å². The normalized spacial score (nSPS) is 16.8. The number of methoxy groups -OCH3 is 1. The Labute approximate surface area is 213 Å². The molecule has 3 aromatic carbocycles. The van der Waals surface area contributed by atoms with Gasteiger partial charge in [0.1, 0.15) is 5.75 Å². The minimum Gasteiger partial charge on any atom is -0.497 e. The van der Waals surface area contributed by atoms with Crippen LogP contribution in [0.3, 0.4) is 0 Å². The highest BCUT2D eigenvalue weighted by molar-refractivity contribution is 6.35. The summed E-state index contributed by atoms with van der Waals surface area (Å²) >= 11 is 0. The number of benzene rings is 3. The van der Waals surface area contributed by atoms with Crippen LogP contribution in [-0.2, 0) is 29.0 Å². The third kappa shape index (κ3) is 6.52. The minimum absolute atomic E-state index is 0.0618. The number of amides is 2. The number of piperazine rings is 1. The molecular weight excluding hydrogens is 450 g/mol. The van der Waals surface area contributed by atoms with Gasteiger partial charge in [-0.05, 0) is 48.6 Å².